The third-order valence-corrected chi connectivity index (χ3v) is 8.37. The number of carbonyl (C=O) groups excluding carboxylic acids is 2. The van der Waals surface area contributed by atoms with Crippen molar-refractivity contribution in [3.63, 3.8) is 0 Å². The van der Waals surface area contributed by atoms with Crippen LogP contribution in [-0.4, -0.2) is 83.9 Å². The monoisotopic (exact) mass is 686 g/mol. The third kappa shape index (κ3) is 6.81. The summed E-state index contributed by atoms with van der Waals surface area (Å²) in [5.74, 6) is 2.18. The summed E-state index contributed by atoms with van der Waals surface area (Å²) in [6, 6.07) is 10.3. The van der Waals surface area contributed by atoms with E-state index in [1.165, 1.54) is 18.9 Å². The van der Waals surface area contributed by atoms with Gasteiger partial charge in [-0.25, -0.2) is 4.68 Å². The first kappa shape index (κ1) is 31.7. The van der Waals surface area contributed by atoms with Crippen molar-refractivity contribution in [1.29, 1.82) is 0 Å². The Morgan fingerprint density at radius 3 is 2.66 bits per heavy atom. The predicted molar refractivity (Wildman–Crippen MR) is 171 cm³/mol. The molecule has 12 nitrogen and oxygen atoms in total. The molecule has 1 aromatic heterocycles. The predicted octanol–water partition coefficient (Wildman–Crippen LogP) is 4.73. The number of aromatic nitrogens is 3. The second-order valence-electron chi connectivity index (χ2n) is 9.86. The largest absolute Gasteiger partial charge is 0.493 e. The highest BCUT2D eigenvalue weighted by molar-refractivity contribution is 9.10. The zero-order chi connectivity index (χ0) is 31.2. The highest BCUT2D eigenvalue weighted by Crippen LogP contribution is 2.43. The van der Waals surface area contributed by atoms with Crippen molar-refractivity contribution in [3.05, 3.63) is 57.7 Å². The number of nitrogens with one attached hydrogen (secondary N) is 2. The summed E-state index contributed by atoms with van der Waals surface area (Å²) in [4.78, 5) is 33.2. The summed E-state index contributed by atoms with van der Waals surface area (Å²) >= 11 is 5.13. The van der Waals surface area contributed by atoms with Gasteiger partial charge in [0.05, 0.1) is 42.7 Å². The zero-order valence-electron chi connectivity index (χ0n) is 25.0. The van der Waals surface area contributed by atoms with Crippen molar-refractivity contribution < 1.29 is 28.5 Å². The van der Waals surface area contributed by atoms with Gasteiger partial charge in [0.1, 0.15) is 11.8 Å². The molecule has 0 spiro atoms. The molecule has 1 saturated heterocycles. The Hall–Kier alpha value is -3.75. The normalized spacial score (nSPS) is 16.2. The number of rotatable bonds is 11. The van der Waals surface area contributed by atoms with Crippen LogP contribution in [0.3, 0.4) is 0 Å². The topological polar surface area (TPSA) is 129 Å². The molecule has 3 heterocycles. The first-order valence-corrected chi connectivity index (χ1v) is 16.1. The van der Waals surface area contributed by atoms with Gasteiger partial charge in [-0.05, 0) is 65.4 Å². The van der Waals surface area contributed by atoms with Gasteiger partial charge in [-0.3, -0.25) is 9.59 Å². The molecule has 3 aromatic rings. The minimum atomic E-state index is -0.668. The SMILES string of the molecule is CCOc1ccccc1NC(=O)C1=C(C)Nc2nc(SCC)nn2C1c1cc(Br)c(OCC(=O)N2CCOCC2)c(OC)c1. The molecule has 14 heteroatoms. The lowest BCUT2D eigenvalue weighted by Gasteiger charge is -2.29. The molecule has 0 saturated carbocycles. The van der Waals surface area contributed by atoms with E-state index in [0.717, 1.165) is 5.75 Å². The van der Waals surface area contributed by atoms with Crippen LogP contribution in [0, 0.1) is 0 Å². The van der Waals surface area contributed by atoms with Gasteiger partial charge in [0.2, 0.25) is 11.1 Å². The number of anilines is 2. The lowest BCUT2D eigenvalue weighted by atomic mass is 9.94. The van der Waals surface area contributed by atoms with Crippen LogP contribution >= 0.6 is 27.7 Å². The van der Waals surface area contributed by atoms with Gasteiger partial charge in [0.15, 0.2) is 18.1 Å². The van der Waals surface area contributed by atoms with Crippen LogP contribution in [0.2, 0.25) is 0 Å². The molecule has 1 atom stereocenters. The number of halogens is 1. The van der Waals surface area contributed by atoms with Crippen molar-refractivity contribution in [1.82, 2.24) is 19.7 Å². The summed E-state index contributed by atoms with van der Waals surface area (Å²) in [5, 5.41) is 11.6. The maximum atomic E-state index is 14.0. The summed E-state index contributed by atoms with van der Waals surface area (Å²) in [6.07, 6.45) is 0. The van der Waals surface area contributed by atoms with Crippen LogP contribution in [0.4, 0.5) is 11.6 Å². The molecule has 234 valence electrons. The molecular formula is C30H35BrN6O6S. The number of methoxy groups -OCH3 is 1. The van der Waals surface area contributed by atoms with E-state index in [4.69, 9.17) is 24.0 Å². The molecule has 2 aliphatic heterocycles. The van der Waals surface area contributed by atoms with E-state index in [1.54, 1.807) is 21.7 Å². The van der Waals surface area contributed by atoms with E-state index in [1.807, 2.05) is 45.0 Å². The fraction of sp³-hybridized carbons (Fsp3) is 0.400. The van der Waals surface area contributed by atoms with Crippen LogP contribution in [0.1, 0.15) is 32.4 Å². The summed E-state index contributed by atoms with van der Waals surface area (Å²) in [5.41, 5.74) is 2.31. The lowest BCUT2D eigenvalue weighted by Crippen LogP contribution is -2.43. The Kier molecular flexibility index (Phi) is 10.3. The number of nitrogens with zero attached hydrogens (tertiary/aromatic N) is 4. The van der Waals surface area contributed by atoms with E-state index in [2.05, 4.69) is 31.5 Å². The quantitative estimate of drug-likeness (QED) is 0.273. The molecule has 5 rings (SSSR count). The van der Waals surface area contributed by atoms with Gasteiger partial charge in [-0.15, -0.1) is 5.10 Å². The van der Waals surface area contributed by atoms with Gasteiger partial charge in [0.25, 0.3) is 11.8 Å². The van der Waals surface area contributed by atoms with Crippen LogP contribution in [0.25, 0.3) is 0 Å². The molecule has 2 N–H and O–H groups in total. The molecule has 44 heavy (non-hydrogen) atoms. The van der Waals surface area contributed by atoms with E-state index in [0.29, 0.717) is 88.3 Å². The number of amides is 2. The molecule has 1 fully saturated rings. The van der Waals surface area contributed by atoms with Gasteiger partial charge < -0.3 is 34.5 Å². The Morgan fingerprint density at radius 1 is 1.16 bits per heavy atom. The fourth-order valence-corrected chi connectivity index (χ4v) is 6.17. The molecule has 0 aliphatic carbocycles. The molecule has 0 radical (unpaired) electrons. The minimum absolute atomic E-state index is 0.136. The van der Waals surface area contributed by atoms with Crippen molar-refractivity contribution in [2.75, 3.05) is 63.0 Å². The van der Waals surface area contributed by atoms with E-state index in [-0.39, 0.29) is 18.4 Å². The number of fused-ring (bicyclic) bond motifs is 1. The average molecular weight is 688 g/mol. The molecule has 2 aromatic carbocycles. The van der Waals surface area contributed by atoms with E-state index in [9.17, 15) is 9.59 Å². The number of hydrogen-bond donors (Lipinski definition) is 2. The van der Waals surface area contributed by atoms with Crippen molar-refractivity contribution in [2.24, 2.45) is 0 Å². The molecule has 2 amide bonds. The van der Waals surface area contributed by atoms with Gasteiger partial charge in [0, 0.05) is 18.8 Å². The smallest absolute Gasteiger partial charge is 0.260 e. The Morgan fingerprint density at radius 2 is 1.93 bits per heavy atom. The number of carbonyl (C=O) groups is 2. The fourth-order valence-electron chi connectivity index (χ4n) is 5.04. The van der Waals surface area contributed by atoms with Gasteiger partial charge in [-0.1, -0.05) is 30.8 Å². The van der Waals surface area contributed by atoms with Crippen LogP contribution in [-0.2, 0) is 14.3 Å². The molecule has 1 unspecified atom stereocenters. The highest BCUT2D eigenvalue weighted by atomic mass is 79.9. The van der Waals surface area contributed by atoms with Crippen molar-refractivity contribution in [3.8, 4) is 17.2 Å². The number of hydrogen-bond acceptors (Lipinski definition) is 10. The van der Waals surface area contributed by atoms with Crippen molar-refractivity contribution >= 4 is 51.1 Å². The number of ether oxygens (including phenoxy) is 4. The standard InChI is InChI=1S/C30H35BrN6O6S/c1-5-42-22-10-8-7-9-21(22)33-28(39)25-18(3)32-29-34-30(44-6-2)35-37(29)26(25)19-15-20(31)27(23(16-19)40-4)43-17-24(38)36-11-13-41-14-12-36/h7-10,15-16,26H,5-6,11-14,17H2,1-4H3,(H,33,39)(H,32,34,35). The van der Waals surface area contributed by atoms with E-state index < -0.39 is 6.04 Å². The number of thioether (sulfide) groups is 1. The summed E-state index contributed by atoms with van der Waals surface area (Å²) < 4.78 is 25.1. The summed E-state index contributed by atoms with van der Waals surface area (Å²) in [6.45, 7) is 8.12. The third-order valence-electron chi connectivity index (χ3n) is 7.06. The van der Waals surface area contributed by atoms with Crippen LogP contribution in [0.15, 0.2) is 57.3 Å². The second kappa shape index (κ2) is 14.4. The Balaban J connectivity index is 1.51. The molecular weight excluding hydrogens is 652 g/mol. The minimum Gasteiger partial charge on any atom is -0.493 e. The zero-order valence-corrected chi connectivity index (χ0v) is 27.4. The Bertz CT molecular complexity index is 1560. The number of benzene rings is 2. The second-order valence-corrected chi connectivity index (χ2v) is 11.9. The van der Waals surface area contributed by atoms with Crippen LogP contribution < -0.4 is 24.8 Å². The van der Waals surface area contributed by atoms with Crippen molar-refractivity contribution in [2.45, 2.75) is 32.0 Å². The first-order valence-electron chi connectivity index (χ1n) is 14.3. The van der Waals surface area contributed by atoms with Crippen LogP contribution in [0.5, 0.6) is 17.2 Å². The maximum absolute atomic E-state index is 14.0. The van der Waals surface area contributed by atoms with Gasteiger partial charge >= 0.3 is 0 Å². The number of allylic oxidation sites excluding steroid dienone is 1. The lowest BCUT2D eigenvalue weighted by molar-refractivity contribution is -0.137. The molecule has 0 bridgehead atoms. The van der Waals surface area contributed by atoms with Gasteiger partial charge in [-0.2, -0.15) is 4.98 Å². The highest BCUT2D eigenvalue weighted by Gasteiger charge is 2.36. The number of para-hydroxylation sites is 2. The molecule has 2 aliphatic rings. The van der Waals surface area contributed by atoms with E-state index >= 15 is 0 Å². The Labute approximate surface area is 268 Å². The summed E-state index contributed by atoms with van der Waals surface area (Å²) in [7, 11) is 1.53. The number of morpholine rings is 1. The first-order chi connectivity index (χ1) is 21.3. The average Bonchev–Trinajstić information content (AvgIpc) is 3.42. The maximum Gasteiger partial charge on any atom is 0.260 e.